The average Bonchev–Trinajstić information content (AvgIpc) is 2.92. The number of para-hydroxylation sites is 1. The predicted octanol–water partition coefficient (Wildman–Crippen LogP) is 2.10. The number of pyridine rings is 1. The Hall–Kier alpha value is -2.53. The molecule has 0 radical (unpaired) electrons. The number of hydrogen-bond donors (Lipinski definition) is 1. The van der Waals surface area contributed by atoms with Crippen LogP contribution in [-0.2, 0) is 6.54 Å². The lowest BCUT2D eigenvalue weighted by molar-refractivity contribution is 0.795. The SMILES string of the molecule is Cc1ccccc1-n1nnc(CN)c1-c1cccnc1. The van der Waals surface area contributed by atoms with Crippen molar-refractivity contribution in [3.8, 4) is 16.9 Å². The molecule has 0 saturated carbocycles. The number of benzene rings is 1. The van der Waals surface area contributed by atoms with Gasteiger partial charge in [0.05, 0.1) is 5.69 Å². The molecule has 0 aliphatic heterocycles. The minimum atomic E-state index is 0.343. The Bertz CT molecular complexity index is 718. The molecule has 0 bridgehead atoms. The summed E-state index contributed by atoms with van der Waals surface area (Å²) in [4.78, 5) is 4.16. The zero-order chi connectivity index (χ0) is 13.9. The summed E-state index contributed by atoms with van der Waals surface area (Å²) in [6, 6.07) is 11.9. The van der Waals surface area contributed by atoms with Crippen LogP contribution >= 0.6 is 0 Å². The van der Waals surface area contributed by atoms with Crippen molar-refractivity contribution in [2.24, 2.45) is 5.73 Å². The molecule has 3 rings (SSSR count). The number of aromatic nitrogens is 4. The van der Waals surface area contributed by atoms with E-state index in [2.05, 4.69) is 15.3 Å². The Morgan fingerprint density at radius 3 is 2.70 bits per heavy atom. The van der Waals surface area contributed by atoms with Crippen LogP contribution in [-0.4, -0.2) is 20.0 Å². The first-order valence-corrected chi connectivity index (χ1v) is 6.42. The van der Waals surface area contributed by atoms with E-state index < -0.39 is 0 Å². The van der Waals surface area contributed by atoms with Crippen LogP contribution in [0.3, 0.4) is 0 Å². The van der Waals surface area contributed by atoms with Crippen molar-refractivity contribution in [1.29, 1.82) is 0 Å². The van der Waals surface area contributed by atoms with E-state index in [4.69, 9.17) is 5.73 Å². The molecule has 2 N–H and O–H groups in total. The fraction of sp³-hybridized carbons (Fsp3) is 0.133. The monoisotopic (exact) mass is 265 g/mol. The molecule has 3 aromatic rings. The molecular formula is C15H15N5. The summed E-state index contributed by atoms with van der Waals surface area (Å²) in [7, 11) is 0. The lowest BCUT2D eigenvalue weighted by atomic mass is 10.1. The Morgan fingerprint density at radius 1 is 1.15 bits per heavy atom. The fourth-order valence-electron chi connectivity index (χ4n) is 2.21. The van der Waals surface area contributed by atoms with E-state index in [1.54, 1.807) is 12.4 Å². The highest BCUT2D eigenvalue weighted by Gasteiger charge is 2.16. The van der Waals surface area contributed by atoms with Crippen LogP contribution in [0.25, 0.3) is 16.9 Å². The molecule has 0 spiro atoms. The summed E-state index contributed by atoms with van der Waals surface area (Å²) in [5.74, 6) is 0. The van der Waals surface area contributed by atoms with Crippen LogP contribution < -0.4 is 5.73 Å². The van der Waals surface area contributed by atoms with Gasteiger partial charge >= 0.3 is 0 Å². The van der Waals surface area contributed by atoms with Crippen molar-refractivity contribution in [2.75, 3.05) is 0 Å². The topological polar surface area (TPSA) is 69.6 Å². The minimum Gasteiger partial charge on any atom is -0.325 e. The van der Waals surface area contributed by atoms with Gasteiger partial charge in [-0.1, -0.05) is 23.4 Å². The molecule has 2 heterocycles. The molecule has 0 fully saturated rings. The van der Waals surface area contributed by atoms with Crippen LogP contribution in [0, 0.1) is 6.92 Å². The predicted molar refractivity (Wildman–Crippen MR) is 77.2 cm³/mol. The third-order valence-corrected chi connectivity index (χ3v) is 3.21. The summed E-state index contributed by atoms with van der Waals surface area (Å²) >= 11 is 0. The zero-order valence-electron chi connectivity index (χ0n) is 11.2. The number of aryl methyl sites for hydroxylation is 1. The van der Waals surface area contributed by atoms with Gasteiger partial charge in [0.1, 0.15) is 11.4 Å². The lowest BCUT2D eigenvalue weighted by Crippen LogP contribution is -2.04. The van der Waals surface area contributed by atoms with E-state index >= 15 is 0 Å². The molecule has 2 aromatic heterocycles. The van der Waals surface area contributed by atoms with Crippen LogP contribution in [0.5, 0.6) is 0 Å². The van der Waals surface area contributed by atoms with Crippen molar-refractivity contribution in [3.63, 3.8) is 0 Å². The number of nitrogens with two attached hydrogens (primary N) is 1. The molecule has 0 aliphatic carbocycles. The van der Waals surface area contributed by atoms with Crippen LogP contribution in [0.1, 0.15) is 11.3 Å². The Kier molecular flexibility index (Phi) is 3.26. The van der Waals surface area contributed by atoms with Crippen LogP contribution in [0.15, 0.2) is 48.8 Å². The average molecular weight is 265 g/mol. The van der Waals surface area contributed by atoms with E-state index in [0.717, 1.165) is 28.2 Å². The zero-order valence-corrected chi connectivity index (χ0v) is 11.2. The third-order valence-electron chi connectivity index (χ3n) is 3.21. The van der Waals surface area contributed by atoms with Gasteiger partial charge in [0.2, 0.25) is 0 Å². The first-order valence-electron chi connectivity index (χ1n) is 6.42. The number of hydrogen-bond acceptors (Lipinski definition) is 4. The highest BCUT2D eigenvalue weighted by molar-refractivity contribution is 5.63. The molecule has 5 heteroatoms. The molecule has 0 atom stereocenters. The molecule has 0 amide bonds. The second kappa shape index (κ2) is 5.22. The van der Waals surface area contributed by atoms with E-state index in [0.29, 0.717) is 6.54 Å². The first-order chi connectivity index (χ1) is 9.81. The van der Waals surface area contributed by atoms with E-state index in [1.807, 2.05) is 48.0 Å². The van der Waals surface area contributed by atoms with Gasteiger partial charge < -0.3 is 5.73 Å². The maximum absolute atomic E-state index is 5.78. The van der Waals surface area contributed by atoms with E-state index in [1.165, 1.54) is 0 Å². The smallest absolute Gasteiger partial charge is 0.105 e. The first kappa shape index (κ1) is 12.5. The van der Waals surface area contributed by atoms with Crippen molar-refractivity contribution in [2.45, 2.75) is 13.5 Å². The van der Waals surface area contributed by atoms with Crippen molar-refractivity contribution in [1.82, 2.24) is 20.0 Å². The highest BCUT2D eigenvalue weighted by atomic mass is 15.4. The summed E-state index contributed by atoms with van der Waals surface area (Å²) in [6.45, 7) is 2.39. The normalized spacial score (nSPS) is 10.7. The summed E-state index contributed by atoms with van der Waals surface area (Å²) in [5, 5.41) is 8.44. The maximum atomic E-state index is 5.78. The van der Waals surface area contributed by atoms with Gasteiger partial charge in [0, 0.05) is 24.5 Å². The van der Waals surface area contributed by atoms with Crippen molar-refractivity contribution < 1.29 is 0 Å². The molecular weight excluding hydrogens is 250 g/mol. The molecule has 0 saturated heterocycles. The Morgan fingerprint density at radius 2 is 2.00 bits per heavy atom. The number of nitrogens with zero attached hydrogens (tertiary/aromatic N) is 4. The third kappa shape index (κ3) is 2.08. The Labute approximate surface area is 117 Å². The van der Waals surface area contributed by atoms with Crippen LogP contribution in [0.4, 0.5) is 0 Å². The maximum Gasteiger partial charge on any atom is 0.105 e. The van der Waals surface area contributed by atoms with Gasteiger partial charge in [-0.05, 0) is 30.7 Å². The summed E-state index contributed by atoms with van der Waals surface area (Å²) < 4.78 is 1.83. The largest absolute Gasteiger partial charge is 0.325 e. The van der Waals surface area contributed by atoms with E-state index in [9.17, 15) is 0 Å². The molecule has 0 unspecified atom stereocenters. The summed E-state index contributed by atoms with van der Waals surface area (Å²) in [6.07, 6.45) is 3.54. The molecule has 20 heavy (non-hydrogen) atoms. The van der Waals surface area contributed by atoms with Gasteiger partial charge in [-0.3, -0.25) is 4.98 Å². The van der Waals surface area contributed by atoms with Crippen LogP contribution in [0.2, 0.25) is 0 Å². The van der Waals surface area contributed by atoms with Crippen molar-refractivity contribution >= 4 is 0 Å². The molecule has 5 nitrogen and oxygen atoms in total. The van der Waals surface area contributed by atoms with Gasteiger partial charge in [-0.2, -0.15) is 0 Å². The molecule has 100 valence electrons. The fourth-order valence-corrected chi connectivity index (χ4v) is 2.21. The second-order valence-corrected chi connectivity index (χ2v) is 4.53. The molecule has 0 aliphatic rings. The van der Waals surface area contributed by atoms with Gasteiger partial charge in [0.25, 0.3) is 0 Å². The summed E-state index contributed by atoms with van der Waals surface area (Å²) in [5.41, 5.74) is 10.5. The van der Waals surface area contributed by atoms with E-state index in [-0.39, 0.29) is 0 Å². The lowest BCUT2D eigenvalue weighted by Gasteiger charge is -2.09. The standard InChI is InChI=1S/C15H15N5/c1-11-5-2-3-7-14(11)20-15(13(9-16)18-19-20)12-6-4-8-17-10-12/h2-8,10H,9,16H2,1H3. The van der Waals surface area contributed by atoms with Gasteiger partial charge in [-0.25, -0.2) is 4.68 Å². The number of rotatable bonds is 3. The van der Waals surface area contributed by atoms with Crippen molar-refractivity contribution in [3.05, 3.63) is 60.0 Å². The van der Waals surface area contributed by atoms with Gasteiger partial charge in [-0.15, -0.1) is 5.10 Å². The molecule has 1 aromatic carbocycles. The quantitative estimate of drug-likeness (QED) is 0.787. The Balaban J connectivity index is 2.24. The highest BCUT2D eigenvalue weighted by Crippen LogP contribution is 2.25. The van der Waals surface area contributed by atoms with Gasteiger partial charge in [0.15, 0.2) is 0 Å². The second-order valence-electron chi connectivity index (χ2n) is 4.53. The minimum absolute atomic E-state index is 0.343.